The Hall–Kier alpha value is -1.18. The fourth-order valence-corrected chi connectivity index (χ4v) is 2.41. The average Bonchev–Trinajstić information content (AvgIpc) is 2.55. The number of rotatable bonds is 5. The molecule has 0 radical (unpaired) electrons. The van der Waals surface area contributed by atoms with Gasteiger partial charge in [-0.15, -0.1) is 0 Å². The summed E-state index contributed by atoms with van der Waals surface area (Å²) in [6.45, 7) is 5.03. The number of carbonyl (C=O) groups excluding carboxylic acids is 2. The van der Waals surface area contributed by atoms with E-state index < -0.39 is 12.1 Å². The third kappa shape index (κ3) is 5.85. The highest BCUT2D eigenvalue weighted by Gasteiger charge is 2.32. The summed E-state index contributed by atoms with van der Waals surface area (Å²) in [4.78, 5) is 27.2. The van der Waals surface area contributed by atoms with Gasteiger partial charge in [-0.05, 0) is 34.4 Å². The predicted octanol–water partition coefficient (Wildman–Crippen LogP) is -0.783. The Kier molecular flexibility index (Phi) is 6.38. The molecule has 1 fully saturated rings. The molecule has 7 nitrogen and oxygen atoms in total. The lowest BCUT2D eigenvalue weighted by molar-refractivity contribution is -0.121. The highest BCUT2D eigenvalue weighted by Crippen LogP contribution is 2.17. The van der Waals surface area contributed by atoms with E-state index in [1.807, 2.05) is 37.7 Å². The Bertz CT molecular complexity index is 347. The van der Waals surface area contributed by atoms with Gasteiger partial charge in [0, 0.05) is 25.2 Å². The number of β-amino-alcohol motifs (C(OH)–C–C–N with tert-alkyl or cyclic N) is 1. The highest BCUT2D eigenvalue weighted by atomic mass is 16.3. The Morgan fingerprint density at radius 2 is 2.05 bits per heavy atom. The number of aliphatic hydroxyl groups is 1. The first-order chi connectivity index (χ1) is 9.27. The Labute approximate surface area is 120 Å². The molecular formula is C13H26N4O3. The molecule has 3 amide bonds. The molecule has 0 aromatic heterocycles. The van der Waals surface area contributed by atoms with Crippen molar-refractivity contribution in [3.63, 3.8) is 0 Å². The molecule has 0 spiro atoms. The molecular weight excluding hydrogens is 260 g/mol. The standard InChI is InChI=1S/C13H26N4O3/c1-9(2)14-13(20)15-12(19)8-17-7-11(18)5-10(17)6-16(3)4/h9-11,18H,5-8H2,1-4H3,(H2,14,15,19,20). The Balaban J connectivity index is 2.45. The van der Waals surface area contributed by atoms with Crippen LogP contribution >= 0.6 is 0 Å². The second-order valence-corrected chi connectivity index (χ2v) is 5.91. The van der Waals surface area contributed by atoms with Gasteiger partial charge in [0.1, 0.15) is 0 Å². The largest absolute Gasteiger partial charge is 0.392 e. The predicted molar refractivity (Wildman–Crippen MR) is 76.3 cm³/mol. The van der Waals surface area contributed by atoms with Crippen molar-refractivity contribution in [3.05, 3.63) is 0 Å². The highest BCUT2D eigenvalue weighted by molar-refractivity contribution is 5.95. The topological polar surface area (TPSA) is 84.9 Å². The van der Waals surface area contributed by atoms with Gasteiger partial charge in [-0.1, -0.05) is 0 Å². The number of carbonyl (C=O) groups is 2. The molecule has 0 aliphatic carbocycles. The minimum absolute atomic E-state index is 0.0158. The first-order valence-electron chi connectivity index (χ1n) is 6.95. The summed E-state index contributed by atoms with van der Waals surface area (Å²) in [6.07, 6.45) is 0.251. The number of imide groups is 1. The van der Waals surface area contributed by atoms with E-state index in [0.29, 0.717) is 13.0 Å². The van der Waals surface area contributed by atoms with Gasteiger partial charge in [-0.3, -0.25) is 15.0 Å². The van der Waals surface area contributed by atoms with Crippen molar-refractivity contribution in [2.75, 3.05) is 33.7 Å². The molecule has 116 valence electrons. The van der Waals surface area contributed by atoms with Crippen molar-refractivity contribution in [3.8, 4) is 0 Å². The van der Waals surface area contributed by atoms with E-state index in [1.54, 1.807) is 0 Å². The van der Waals surface area contributed by atoms with E-state index in [2.05, 4.69) is 10.6 Å². The molecule has 0 saturated carbocycles. The van der Waals surface area contributed by atoms with Gasteiger partial charge in [-0.2, -0.15) is 0 Å². The molecule has 1 aliphatic heterocycles. The van der Waals surface area contributed by atoms with Crippen LogP contribution in [-0.2, 0) is 4.79 Å². The van der Waals surface area contributed by atoms with Crippen LogP contribution in [0.4, 0.5) is 4.79 Å². The van der Waals surface area contributed by atoms with Gasteiger partial charge >= 0.3 is 6.03 Å². The smallest absolute Gasteiger partial charge is 0.321 e. The second kappa shape index (κ2) is 7.56. The van der Waals surface area contributed by atoms with Crippen LogP contribution in [0.5, 0.6) is 0 Å². The van der Waals surface area contributed by atoms with Crippen LogP contribution in [-0.4, -0.2) is 78.8 Å². The summed E-state index contributed by atoms with van der Waals surface area (Å²) >= 11 is 0. The van der Waals surface area contributed by atoms with E-state index >= 15 is 0 Å². The number of nitrogens with one attached hydrogen (secondary N) is 2. The lowest BCUT2D eigenvalue weighted by Crippen LogP contribution is -2.48. The summed E-state index contributed by atoms with van der Waals surface area (Å²) in [5.41, 5.74) is 0. The molecule has 7 heteroatoms. The molecule has 2 atom stereocenters. The molecule has 3 N–H and O–H groups in total. The van der Waals surface area contributed by atoms with Crippen molar-refractivity contribution in [1.82, 2.24) is 20.4 Å². The zero-order valence-corrected chi connectivity index (χ0v) is 12.7. The number of likely N-dealkylation sites (tertiary alicyclic amines) is 1. The van der Waals surface area contributed by atoms with Gasteiger partial charge < -0.3 is 15.3 Å². The summed E-state index contributed by atoms with van der Waals surface area (Å²) in [6, 6.07) is -0.356. The molecule has 20 heavy (non-hydrogen) atoms. The maximum atomic E-state index is 11.8. The number of likely N-dealkylation sites (N-methyl/N-ethyl adjacent to an activating group) is 1. The maximum absolute atomic E-state index is 11.8. The number of amides is 3. The lowest BCUT2D eigenvalue weighted by Gasteiger charge is -2.25. The van der Waals surface area contributed by atoms with Gasteiger partial charge in [0.2, 0.25) is 5.91 Å². The minimum atomic E-state index is -0.478. The molecule has 2 unspecified atom stereocenters. The van der Waals surface area contributed by atoms with Crippen LogP contribution in [0.25, 0.3) is 0 Å². The van der Waals surface area contributed by atoms with Gasteiger partial charge in [0.15, 0.2) is 0 Å². The van der Waals surface area contributed by atoms with Gasteiger partial charge in [0.05, 0.1) is 12.6 Å². The molecule has 1 heterocycles. The number of hydrogen-bond donors (Lipinski definition) is 3. The first-order valence-corrected chi connectivity index (χ1v) is 6.95. The molecule has 0 bridgehead atoms. The molecule has 1 aliphatic rings. The summed E-state index contributed by atoms with van der Waals surface area (Å²) in [5, 5.41) is 14.6. The fraction of sp³-hybridized carbons (Fsp3) is 0.846. The van der Waals surface area contributed by atoms with Gasteiger partial charge in [0.25, 0.3) is 0 Å². The monoisotopic (exact) mass is 286 g/mol. The van der Waals surface area contributed by atoms with Crippen molar-refractivity contribution >= 4 is 11.9 Å². The van der Waals surface area contributed by atoms with Crippen molar-refractivity contribution in [1.29, 1.82) is 0 Å². The summed E-state index contributed by atoms with van der Waals surface area (Å²) in [7, 11) is 3.91. The Morgan fingerprint density at radius 3 is 2.60 bits per heavy atom. The normalized spacial score (nSPS) is 23.4. The molecule has 1 rings (SSSR count). The van der Waals surface area contributed by atoms with Crippen LogP contribution in [0, 0.1) is 0 Å². The fourth-order valence-electron chi connectivity index (χ4n) is 2.41. The molecule has 1 saturated heterocycles. The van der Waals surface area contributed by atoms with Crippen LogP contribution in [0.2, 0.25) is 0 Å². The van der Waals surface area contributed by atoms with Crippen molar-refractivity contribution in [2.45, 2.75) is 38.5 Å². The van der Waals surface area contributed by atoms with Crippen molar-refractivity contribution < 1.29 is 14.7 Å². The SMILES string of the molecule is CC(C)NC(=O)NC(=O)CN1CC(O)CC1CN(C)C. The van der Waals surface area contributed by atoms with Crippen LogP contribution in [0.15, 0.2) is 0 Å². The third-order valence-electron chi connectivity index (χ3n) is 3.10. The van der Waals surface area contributed by atoms with E-state index in [4.69, 9.17) is 0 Å². The van der Waals surface area contributed by atoms with E-state index in [-0.39, 0.29) is 24.5 Å². The number of nitrogens with zero attached hydrogens (tertiary/aromatic N) is 2. The van der Waals surface area contributed by atoms with Crippen LogP contribution < -0.4 is 10.6 Å². The second-order valence-electron chi connectivity index (χ2n) is 5.91. The minimum Gasteiger partial charge on any atom is -0.392 e. The summed E-state index contributed by atoms with van der Waals surface area (Å²) < 4.78 is 0. The lowest BCUT2D eigenvalue weighted by atomic mass is 10.2. The first kappa shape index (κ1) is 16.9. The third-order valence-corrected chi connectivity index (χ3v) is 3.10. The number of aliphatic hydroxyl groups excluding tert-OH is 1. The maximum Gasteiger partial charge on any atom is 0.321 e. The van der Waals surface area contributed by atoms with E-state index in [1.165, 1.54) is 0 Å². The van der Waals surface area contributed by atoms with E-state index in [0.717, 1.165) is 6.54 Å². The zero-order valence-electron chi connectivity index (χ0n) is 12.7. The quantitative estimate of drug-likeness (QED) is 0.617. The summed E-state index contributed by atoms with van der Waals surface area (Å²) in [5.74, 6) is -0.346. The number of urea groups is 1. The Morgan fingerprint density at radius 1 is 1.40 bits per heavy atom. The number of hydrogen-bond acceptors (Lipinski definition) is 5. The van der Waals surface area contributed by atoms with Gasteiger partial charge in [-0.25, -0.2) is 4.79 Å². The van der Waals surface area contributed by atoms with Crippen LogP contribution in [0.1, 0.15) is 20.3 Å². The van der Waals surface area contributed by atoms with Crippen molar-refractivity contribution in [2.24, 2.45) is 0 Å². The zero-order chi connectivity index (χ0) is 15.3. The molecule has 0 aromatic rings. The van der Waals surface area contributed by atoms with E-state index in [9.17, 15) is 14.7 Å². The van der Waals surface area contributed by atoms with Crippen LogP contribution in [0.3, 0.4) is 0 Å². The molecule has 0 aromatic carbocycles. The average molecular weight is 286 g/mol.